The van der Waals surface area contributed by atoms with Crippen LogP contribution in [0.3, 0.4) is 0 Å². The highest BCUT2D eigenvalue weighted by atomic mass is 19.1. The molecule has 0 heterocycles. The Morgan fingerprint density at radius 3 is 2.48 bits per heavy atom. The standard InChI is InChI=1S/C18H17FN2O6/c1-11(27-17(22)9-12-3-5-13(19)6-4-12)18(23)20-15-10-14(21(24)25)7-8-16(15)26-2/h3-8,10-11H,9H2,1-2H3,(H,20,23)/t11-/m1/s1. The third-order valence-corrected chi connectivity index (χ3v) is 3.59. The minimum Gasteiger partial charge on any atom is -0.495 e. The number of ether oxygens (including phenoxy) is 2. The molecule has 2 aromatic rings. The lowest BCUT2D eigenvalue weighted by molar-refractivity contribution is -0.384. The van der Waals surface area contributed by atoms with E-state index in [1.54, 1.807) is 0 Å². The number of esters is 1. The van der Waals surface area contributed by atoms with Gasteiger partial charge in [0.25, 0.3) is 11.6 Å². The second-order valence-electron chi connectivity index (χ2n) is 5.57. The van der Waals surface area contributed by atoms with E-state index in [1.165, 1.54) is 50.4 Å². The SMILES string of the molecule is COc1ccc([N+](=O)[O-])cc1NC(=O)[C@@H](C)OC(=O)Cc1ccc(F)cc1. The summed E-state index contributed by atoms with van der Waals surface area (Å²) in [5.74, 6) is -1.55. The summed E-state index contributed by atoms with van der Waals surface area (Å²) in [6.07, 6.45) is -1.28. The van der Waals surface area contributed by atoms with Crippen LogP contribution < -0.4 is 10.1 Å². The number of amides is 1. The molecule has 1 atom stereocenters. The van der Waals surface area contributed by atoms with E-state index in [9.17, 15) is 24.1 Å². The monoisotopic (exact) mass is 376 g/mol. The maximum atomic E-state index is 12.9. The van der Waals surface area contributed by atoms with E-state index in [-0.39, 0.29) is 23.5 Å². The van der Waals surface area contributed by atoms with Crippen LogP contribution in [0.2, 0.25) is 0 Å². The number of nitrogens with zero attached hydrogens (tertiary/aromatic N) is 1. The van der Waals surface area contributed by atoms with Crippen molar-refractivity contribution < 1.29 is 28.4 Å². The largest absolute Gasteiger partial charge is 0.495 e. The summed E-state index contributed by atoms with van der Waals surface area (Å²) >= 11 is 0. The first-order chi connectivity index (χ1) is 12.8. The molecule has 0 saturated carbocycles. The lowest BCUT2D eigenvalue weighted by Gasteiger charge is -2.15. The number of nitrogens with one attached hydrogen (secondary N) is 1. The number of hydrogen-bond donors (Lipinski definition) is 1. The molecule has 0 aliphatic heterocycles. The maximum absolute atomic E-state index is 12.9. The van der Waals surface area contributed by atoms with Crippen molar-refractivity contribution in [3.8, 4) is 5.75 Å². The molecular weight excluding hydrogens is 359 g/mol. The molecule has 2 rings (SSSR count). The molecule has 9 heteroatoms. The number of benzene rings is 2. The number of rotatable bonds is 7. The molecule has 0 aromatic heterocycles. The quantitative estimate of drug-likeness (QED) is 0.452. The van der Waals surface area contributed by atoms with Crippen LogP contribution in [0.5, 0.6) is 5.75 Å². The number of carbonyl (C=O) groups is 2. The van der Waals surface area contributed by atoms with Crippen molar-refractivity contribution in [1.29, 1.82) is 0 Å². The summed E-state index contributed by atoms with van der Waals surface area (Å²) in [5.41, 5.74) is 0.388. The van der Waals surface area contributed by atoms with Gasteiger partial charge in [0.15, 0.2) is 6.10 Å². The number of hydrogen-bond acceptors (Lipinski definition) is 6. The number of non-ortho nitro benzene ring substituents is 1. The van der Waals surface area contributed by atoms with Gasteiger partial charge in [-0.1, -0.05) is 12.1 Å². The van der Waals surface area contributed by atoms with Crippen molar-refractivity contribution in [3.05, 3.63) is 64.0 Å². The number of methoxy groups -OCH3 is 1. The Labute approximate surface area is 154 Å². The van der Waals surface area contributed by atoms with Gasteiger partial charge in [-0.25, -0.2) is 4.39 Å². The van der Waals surface area contributed by atoms with Gasteiger partial charge in [0.05, 0.1) is 24.1 Å². The van der Waals surface area contributed by atoms with Gasteiger partial charge in [-0.15, -0.1) is 0 Å². The van der Waals surface area contributed by atoms with E-state index >= 15 is 0 Å². The second-order valence-corrected chi connectivity index (χ2v) is 5.57. The van der Waals surface area contributed by atoms with Crippen molar-refractivity contribution in [2.45, 2.75) is 19.4 Å². The maximum Gasteiger partial charge on any atom is 0.311 e. The molecule has 142 valence electrons. The van der Waals surface area contributed by atoms with E-state index in [0.29, 0.717) is 5.56 Å². The van der Waals surface area contributed by atoms with Gasteiger partial charge in [0, 0.05) is 12.1 Å². The smallest absolute Gasteiger partial charge is 0.311 e. The number of nitro benzene ring substituents is 1. The Morgan fingerprint density at radius 1 is 1.22 bits per heavy atom. The molecule has 0 aliphatic rings. The third-order valence-electron chi connectivity index (χ3n) is 3.59. The van der Waals surface area contributed by atoms with Crippen molar-refractivity contribution >= 4 is 23.3 Å². The number of halogens is 1. The van der Waals surface area contributed by atoms with E-state index < -0.39 is 28.7 Å². The Bertz CT molecular complexity index is 853. The molecular formula is C18H17FN2O6. The molecule has 0 saturated heterocycles. The fraction of sp³-hybridized carbons (Fsp3) is 0.222. The van der Waals surface area contributed by atoms with Crippen LogP contribution in [0.4, 0.5) is 15.8 Å². The summed E-state index contributed by atoms with van der Waals surface area (Å²) < 4.78 is 23.0. The first-order valence-corrected chi connectivity index (χ1v) is 7.87. The predicted octanol–water partition coefficient (Wildman–Crippen LogP) is 2.86. The minimum atomic E-state index is -1.15. The van der Waals surface area contributed by atoms with Gasteiger partial charge >= 0.3 is 5.97 Å². The number of anilines is 1. The van der Waals surface area contributed by atoms with Crippen LogP contribution in [-0.4, -0.2) is 30.0 Å². The Kier molecular flexibility index (Phi) is 6.42. The van der Waals surface area contributed by atoms with E-state index in [1.807, 2.05) is 0 Å². The van der Waals surface area contributed by atoms with Gasteiger partial charge < -0.3 is 14.8 Å². The van der Waals surface area contributed by atoms with Crippen LogP contribution in [0.1, 0.15) is 12.5 Å². The molecule has 0 radical (unpaired) electrons. The van der Waals surface area contributed by atoms with Crippen LogP contribution in [0.15, 0.2) is 42.5 Å². The van der Waals surface area contributed by atoms with Crippen LogP contribution in [-0.2, 0) is 20.7 Å². The number of nitro groups is 1. The van der Waals surface area contributed by atoms with Crippen LogP contribution >= 0.6 is 0 Å². The molecule has 0 bridgehead atoms. The summed E-state index contributed by atoms with van der Waals surface area (Å²) in [5, 5.41) is 13.3. The lowest BCUT2D eigenvalue weighted by atomic mass is 10.1. The number of carbonyl (C=O) groups excluding carboxylic acids is 2. The highest BCUT2D eigenvalue weighted by Crippen LogP contribution is 2.29. The normalized spacial score (nSPS) is 11.4. The molecule has 0 fully saturated rings. The predicted molar refractivity (Wildman–Crippen MR) is 93.9 cm³/mol. The third kappa shape index (κ3) is 5.50. The van der Waals surface area contributed by atoms with Crippen molar-refractivity contribution in [2.75, 3.05) is 12.4 Å². The minimum absolute atomic E-state index is 0.0816. The Hall–Kier alpha value is -3.49. The van der Waals surface area contributed by atoms with Crippen molar-refractivity contribution in [1.82, 2.24) is 0 Å². The van der Waals surface area contributed by atoms with Crippen LogP contribution in [0, 0.1) is 15.9 Å². The first-order valence-electron chi connectivity index (χ1n) is 7.87. The molecule has 0 unspecified atom stereocenters. The summed E-state index contributed by atoms with van der Waals surface area (Å²) in [6.45, 7) is 1.36. The molecule has 2 aromatic carbocycles. The van der Waals surface area contributed by atoms with E-state index in [4.69, 9.17) is 9.47 Å². The van der Waals surface area contributed by atoms with Gasteiger partial charge in [-0.2, -0.15) is 0 Å². The van der Waals surface area contributed by atoms with E-state index in [2.05, 4.69) is 5.32 Å². The zero-order valence-corrected chi connectivity index (χ0v) is 14.6. The van der Waals surface area contributed by atoms with Gasteiger partial charge in [0.1, 0.15) is 11.6 Å². The van der Waals surface area contributed by atoms with Crippen molar-refractivity contribution in [3.63, 3.8) is 0 Å². The molecule has 8 nitrogen and oxygen atoms in total. The topological polar surface area (TPSA) is 108 Å². The van der Waals surface area contributed by atoms with Crippen molar-refractivity contribution in [2.24, 2.45) is 0 Å². The fourth-order valence-electron chi connectivity index (χ4n) is 2.20. The molecule has 0 spiro atoms. The van der Waals surface area contributed by atoms with Gasteiger partial charge in [0.2, 0.25) is 0 Å². The summed E-state index contributed by atoms with van der Waals surface area (Å²) in [7, 11) is 1.35. The summed E-state index contributed by atoms with van der Waals surface area (Å²) in [4.78, 5) is 34.4. The summed E-state index contributed by atoms with van der Waals surface area (Å²) in [6, 6.07) is 9.04. The molecule has 1 amide bonds. The molecule has 0 aliphatic carbocycles. The van der Waals surface area contributed by atoms with Gasteiger partial charge in [-0.05, 0) is 30.7 Å². The average molecular weight is 376 g/mol. The molecule has 1 N–H and O–H groups in total. The highest BCUT2D eigenvalue weighted by Gasteiger charge is 2.21. The fourth-order valence-corrected chi connectivity index (χ4v) is 2.20. The highest BCUT2D eigenvalue weighted by molar-refractivity contribution is 5.96. The van der Waals surface area contributed by atoms with Crippen LogP contribution in [0.25, 0.3) is 0 Å². The Balaban J connectivity index is 2.00. The zero-order chi connectivity index (χ0) is 20.0. The molecule has 27 heavy (non-hydrogen) atoms. The lowest BCUT2D eigenvalue weighted by Crippen LogP contribution is -2.30. The first kappa shape index (κ1) is 19.8. The second kappa shape index (κ2) is 8.75. The average Bonchev–Trinajstić information content (AvgIpc) is 2.63. The van der Waals surface area contributed by atoms with E-state index in [0.717, 1.165) is 6.07 Å². The van der Waals surface area contributed by atoms with Gasteiger partial charge in [-0.3, -0.25) is 19.7 Å². The zero-order valence-electron chi connectivity index (χ0n) is 14.6. The Morgan fingerprint density at radius 2 is 1.89 bits per heavy atom.